The van der Waals surface area contributed by atoms with Gasteiger partial charge in [0.15, 0.2) is 5.21 Å². The van der Waals surface area contributed by atoms with E-state index in [0.717, 1.165) is 22.4 Å². The third-order valence-electron chi connectivity index (χ3n) is 6.44. The largest absolute Gasteiger partial charge is 0.497 e. The number of nitrogens with one attached hydrogen (secondary N) is 2. The summed E-state index contributed by atoms with van der Waals surface area (Å²) in [6.07, 6.45) is 0. The Kier molecular flexibility index (Phi) is 6.56. The molecule has 0 aliphatic carbocycles. The first-order valence-corrected chi connectivity index (χ1v) is 11.9. The minimum atomic E-state index is -0.458. The van der Waals surface area contributed by atoms with Crippen LogP contribution in [0.25, 0.3) is 22.3 Å². The molecule has 0 radical (unpaired) electrons. The van der Waals surface area contributed by atoms with Crippen LogP contribution in [0.1, 0.15) is 21.5 Å². The number of ether oxygens (including phenoxy) is 1. The van der Waals surface area contributed by atoms with Crippen LogP contribution in [-0.4, -0.2) is 37.7 Å². The lowest BCUT2D eigenvalue weighted by Gasteiger charge is -2.12. The van der Waals surface area contributed by atoms with Gasteiger partial charge in [-0.2, -0.15) is 4.68 Å². The van der Waals surface area contributed by atoms with Gasteiger partial charge in [0.25, 0.3) is 11.5 Å². The molecule has 0 saturated carbocycles. The molecule has 38 heavy (non-hydrogen) atoms. The van der Waals surface area contributed by atoms with Crippen molar-refractivity contribution in [2.45, 2.75) is 13.1 Å². The Morgan fingerprint density at radius 1 is 1.03 bits per heavy atom. The molecule has 192 valence electrons. The van der Waals surface area contributed by atoms with Gasteiger partial charge in [-0.1, -0.05) is 29.5 Å². The van der Waals surface area contributed by atoms with Crippen LogP contribution in [0.4, 0.5) is 0 Å². The maximum absolute atomic E-state index is 13.4. The smallest absolute Gasteiger partial charge is 0.331 e. The highest BCUT2D eigenvalue weighted by molar-refractivity contribution is 5.97. The van der Waals surface area contributed by atoms with Gasteiger partial charge in [0, 0.05) is 19.2 Å². The molecule has 0 aliphatic rings. The van der Waals surface area contributed by atoms with Crippen LogP contribution in [0.2, 0.25) is 0 Å². The molecule has 0 saturated heterocycles. The van der Waals surface area contributed by atoms with E-state index in [4.69, 9.17) is 4.74 Å². The molecular formula is C27H26N7O4+. The Morgan fingerprint density at radius 3 is 2.39 bits per heavy atom. The maximum Gasteiger partial charge on any atom is 0.331 e. The topological polar surface area (TPSA) is 128 Å². The summed E-state index contributed by atoms with van der Waals surface area (Å²) in [6.45, 7) is 0.404. The minimum Gasteiger partial charge on any atom is -0.497 e. The van der Waals surface area contributed by atoms with Crippen molar-refractivity contribution in [3.63, 3.8) is 0 Å². The molecule has 2 aromatic heterocycles. The Hall–Kier alpha value is -5.06. The fraction of sp³-hybridized carbons (Fsp3) is 0.185. The lowest BCUT2D eigenvalue weighted by molar-refractivity contribution is -0.721. The van der Waals surface area contributed by atoms with Crippen LogP contribution < -0.4 is 26.0 Å². The van der Waals surface area contributed by atoms with E-state index in [1.807, 2.05) is 48.5 Å². The molecule has 11 heteroatoms. The Bertz CT molecular complexity index is 1750. The second-order valence-electron chi connectivity index (χ2n) is 8.88. The average molecular weight is 513 g/mol. The highest BCUT2D eigenvalue weighted by Gasteiger charge is 2.16. The predicted octanol–water partition coefficient (Wildman–Crippen LogP) is 1.30. The second kappa shape index (κ2) is 10.1. The molecular weight excluding hydrogens is 486 g/mol. The van der Waals surface area contributed by atoms with Crippen molar-refractivity contribution in [2.75, 3.05) is 7.11 Å². The maximum atomic E-state index is 13.4. The number of aromatic amines is 1. The van der Waals surface area contributed by atoms with Crippen LogP contribution >= 0.6 is 0 Å². The zero-order valence-corrected chi connectivity index (χ0v) is 21.1. The summed E-state index contributed by atoms with van der Waals surface area (Å²) < 4.78 is 9.43. The number of nitrogens with zero attached hydrogens (tertiary/aromatic N) is 5. The first-order valence-electron chi connectivity index (χ1n) is 11.9. The number of carbonyl (C=O) groups excluding carboxylic acids is 1. The van der Waals surface area contributed by atoms with Gasteiger partial charge >= 0.3 is 11.5 Å². The minimum absolute atomic E-state index is 0.0839. The van der Waals surface area contributed by atoms with E-state index < -0.39 is 11.2 Å². The SMILES string of the molecule is COc1ccc(CNC(=O)c2ccc3c(c2)c(=O)n(Cc2ccc(-c4nn[nH][n+]4C)cc2)c(=O)n3C)cc1. The number of aryl methyl sites for hydroxylation is 2. The molecule has 0 bridgehead atoms. The van der Waals surface area contributed by atoms with Crippen LogP contribution in [0.15, 0.2) is 76.3 Å². The van der Waals surface area contributed by atoms with Crippen LogP contribution in [-0.2, 0) is 27.2 Å². The van der Waals surface area contributed by atoms with Gasteiger partial charge in [0.2, 0.25) is 0 Å². The number of carbonyl (C=O) groups is 1. The third-order valence-corrected chi connectivity index (χ3v) is 6.44. The number of aromatic nitrogens is 6. The molecule has 2 N–H and O–H groups in total. The van der Waals surface area contributed by atoms with Gasteiger partial charge in [-0.25, -0.2) is 4.79 Å². The highest BCUT2D eigenvalue weighted by Crippen LogP contribution is 2.15. The van der Waals surface area contributed by atoms with Crippen molar-refractivity contribution in [3.05, 3.63) is 104 Å². The number of methoxy groups -OCH3 is 1. The standard InChI is InChI=1S/C27H25N7O4/c1-32-23-13-10-20(25(35)28-15-17-6-11-21(38-3)12-7-17)14-22(23)26(36)34(27(32)37)16-18-4-8-19(9-5-18)24-29-30-31-33(24)2/h4-14H,15-16H2,1-3H3,(H,28,35)/p+1. The van der Waals surface area contributed by atoms with Gasteiger partial charge < -0.3 is 10.1 Å². The summed E-state index contributed by atoms with van der Waals surface area (Å²) in [7, 11) is 5.00. The van der Waals surface area contributed by atoms with Crippen LogP contribution in [0.3, 0.4) is 0 Å². The Balaban J connectivity index is 1.41. The summed E-state index contributed by atoms with van der Waals surface area (Å²) in [5.74, 6) is 1.07. The summed E-state index contributed by atoms with van der Waals surface area (Å²) in [5.41, 5.74) is 2.41. The molecule has 0 aliphatic heterocycles. The van der Waals surface area contributed by atoms with E-state index in [2.05, 4.69) is 20.8 Å². The van der Waals surface area contributed by atoms with E-state index >= 15 is 0 Å². The molecule has 3 aromatic carbocycles. The molecule has 0 spiro atoms. The number of hydrogen-bond donors (Lipinski definition) is 2. The van der Waals surface area contributed by atoms with Crippen molar-refractivity contribution in [1.29, 1.82) is 0 Å². The van der Waals surface area contributed by atoms with Gasteiger partial charge in [0.05, 0.1) is 37.2 Å². The number of benzene rings is 3. The van der Waals surface area contributed by atoms with Crippen molar-refractivity contribution >= 4 is 16.8 Å². The number of fused-ring (bicyclic) bond motifs is 1. The van der Waals surface area contributed by atoms with Gasteiger partial charge in [0.1, 0.15) is 10.8 Å². The predicted molar refractivity (Wildman–Crippen MR) is 140 cm³/mol. The van der Waals surface area contributed by atoms with Crippen molar-refractivity contribution in [2.24, 2.45) is 14.1 Å². The van der Waals surface area contributed by atoms with Crippen LogP contribution in [0, 0.1) is 0 Å². The molecule has 0 fully saturated rings. The molecule has 5 aromatic rings. The summed E-state index contributed by atoms with van der Waals surface area (Å²) in [4.78, 5) is 39.3. The van der Waals surface area contributed by atoms with Gasteiger partial charge in [-0.05, 0) is 53.6 Å². The number of rotatable bonds is 7. The number of hydrogen-bond acceptors (Lipinski definition) is 6. The first kappa shape index (κ1) is 24.6. The summed E-state index contributed by atoms with van der Waals surface area (Å²) in [6, 6.07) is 19.5. The lowest BCUT2D eigenvalue weighted by atomic mass is 10.1. The normalized spacial score (nSPS) is 11.0. The summed E-state index contributed by atoms with van der Waals surface area (Å²) in [5, 5.41) is 13.7. The fourth-order valence-corrected chi connectivity index (χ4v) is 4.27. The molecule has 2 heterocycles. The fourth-order valence-electron chi connectivity index (χ4n) is 4.27. The average Bonchev–Trinajstić information content (AvgIpc) is 3.38. The van der Waals surface area contributed by atoms with E-state index in [1.54, 1.807) is 38.0 Å². The molecule has 5 rings (SSSR count). The summed E-state index contributed by atoms with van der Waals surface area (Å²) >= 11 is 0. The van der Waals surface area contributed by atoms with E-state index in [1.165, 1.54) is 15.2 Å². The third kappa shape index (κ3) is 4.69. The quantitative estimate of drug-likeness (QED) is 0.317. The first-order chi connectivity index (χ1) is 18.4. The Labute approximate surface area is 216 Å². The van der Waals surface area contributed by atoms with Gasteiger partial charge in [-0.15, -0.1) is 0 Å². The zero-order chi connectivity index (χ0) is 26.8. The van der Waals surface area contributed by atoms with E-state index in [9.17, 15) is 14.4 Å². The van der Waals surface area contributed by atoms with Crippen molar-refractivity contribution in [1.82, 2.24) is 30.0 Å². The van der Waals surface area contributed by atoms with Gasteiger partial charge in [-0.3, -0.25) is 18.7 Å². The molecule has 11 nitrogen and oxygen atoms in total. The zero-order valence-electron chi connectivity index (χ0n) is 21.1. The number of H-pyrrole nitrogens is 1. The lowest BCUT2D eigenvalue weighted by Crippen LogP contribution is -2.39. The monoisotopic (exact) mass is 512 g/mol. The molecule has 0 atom stereocenters. The van der Waals surface area contributed by atoms with E-state index in [-0.39, 0.29) is 17.8 Å². The van der Waals surface area contributed by atoms with Crippen molar-refractivity contribution in [3.8, 4) is 17.1 Å². The molecule has 1 amide bonds. The second-order valence-corrected chi connectivity index (χ2v) is 8.88. The Morgan fingerprint density at radius 2 is 1.74 bits per heavy atom. The van der Waals surface area contributed by atoms with E-state index in [0.29, 0.717) is 23.4 Å². The number of tetrazole rings is 1. The molecule has 0 unspecified atom stereocenters. The van der Waals surface area contributed by atoms with Crippen LogP contribution in [0.5, 0.6) is 5.75 Å². The van der Waals surface area contributed by atoms with Crippen molar-refractivity contribution < 1.29 is 14.2 Å². The highest BCUT2D eigenvalue weighted by atomic mass is 16.5. The number of amides is 1.